The lowest BCUT2D eigenvalue weighted by Gasteiger charge is -2.26. The van der Waals surface area contributed by atoms with Gasteiger partial charge in [0.1, 0.15) is 5.76 Å². The molecule has 5 rings (SSSR count). The van der Waals surface area contributed by atoms with E-state index in [1.54, 1.807) is 17.6 Å². The van der Waals surface area contributed by atoms with E-state index < -0.39 is 0 Å². The third-order valence-corrected chi connectivity index (χ3v) is 7.30. The second kappa shape index (κ2) is 10.3. The first-order valence-corrected chi connectivity index (χ1v) is 12.9. The van der Waals surface area contributed by atoms with Crippen LogP contribution in [0.2, 0.25) is 0 Å². The minimum Gasteiger partial charge on any atom is -0.467 e. The van der Waals surface area contributed by atoms with Crippen LogP contribution in [-0.2, 0) is 17.8 Å². The van der Waals surface area contributed by atoms with E-state index in [-0.39, 0.29) is 11.8 Å². The van der Waals surface area contributed by atoms with E-state index >= 15 is 0 Å². The van der Waals surface area contributed by atoms with Crippen LogP contribution in [0.4, 0.5) is 0 Å². The van der Waals surface area contributed by atoms with Crippen molar-refractivity contribution in [2.75, 3.05) is 6.54 Å². The molecule has 2 aromatic carbocycles. The number of aryl methyl sites for hydroxylation is 1. The Labute approximate surface area is 209 Å². The molecule has 0 aliphatic carbocycles. The van der Waals surface area contributed by atoms with Gasteiger partial charge >= 0.3 is 0 Å². The zero-order valence-electron chi connectivity index (χ0n) is 20.1. The van der Waals surface area contributed by atoms with Crippen molar-refractivity contribution in [1.82, 2.24) is 14.3 Å². The number of amides is 1. The predicted octanol–water partition coefficient (Wildman–Crippen LogP) is 6.73. The third kappa shape index (κ3) is 5.08. The summed E-state index contributed by atoms with van der Waals surface area (Å²) in [6.07, 6.45) is 5.25. The summed E-state index contributed by atoms with van der Waals surface area (Å²) in [5.41, 5.74) is 5.52. The zero-order valence-corrected chi connectivity index (χ0v) is 20.9. The fourth-order valence-corrected chi connectivity index (χ4v) is 5.35. The van der Waals surface area contributed by atoms with Crippen LogP contribution in [0, 0.1) is 6.92 Å². The molecule has 178 valence electrons. The van der Waals surface area contributed by atoms with Crippen LogP contribution >= 0.6 is 11.3 Å². The Morgan fingerprint density at radius 3 is 2.60 bits per heavy atom. The molecule has 1 atom stereocenters. The maximum Gasteiger partial charge on any atom is 0.230 e. The first kappa shape index (κ1) is 23.1. The van der Waals surface area contributed by atoms with Crippen molar-refractivity contribution in [3.05, 3.63) is 107 Å². The van der Waals surface area contributed by atoms with E-state index in [4.69, 9.17) is 9.40 Å². The number of carbonyl (C=O) groups is 1. The van der Waals surface area contributed by atoms with Crippen LogP contribution in [0.25, 0.3) is 16.2 Å². The number of imidazole rings is 1. The van der Waals surface area contributed by atoms with Gasteiger partial charge in [-0.1, -0.05) is 67.1 Å². The summed E-state index contributed by atoms with van der Waals surface area (Å²) >= 11 is 1.64. The molecular weight excluding hydrogens is 454 g/mol. The second-order valence-electron chi connectivity index (χ2n) is 8.83. The van der Waals surface area contributed by atoms with E-state index in [1.807, 2.05) is 47.4 Å². The smallest absolute Gasteiger partial charge is 0.230 e. The SMILES string of the molecule is CCC(C(=O)N(CCc1csc2nc(-c3ccc(C)cc3)cn12)Cc1ccco1)c1ccccc1. The number of thiazole rings is 1. The molecule has 3 aromatic heterocycles. The van der Waals surface area contributed by atoms with Crippen LogP contribution < -0.4 is 0 Å². The van der Waals surface area contributed by atoms with Gasteiger partial charge in [-0.05, 0) is 31.0 Å². The maximum absolute atomic E-state index is 13.7. The highest BCUT2D eigenvalue weighted by molar-refractivity contribution is 7.15. The molecule has 0 N–H and O–H groups in total. The summed E-state index contributed by atoms with van der Waals surface area (Å²) in [5, 5.41) is 2.14. The van der Waals surface area contributed by atoms with E-state index in [9.17, 15) is 4.79 Å². The first-order valence-electron chi connectivity index (χ1n) is 12.0. The van der Waals surface area contributed by atoms with Gasteiger partial charge in [-0.25, -0.2) is 4.98 Å². The highest BCUT2D eigenvalue weighted by Gasteiger charge is 2.25. The fourth-order valence-electron chi connectivity index (χ4n) is 4.44. The summed E-state index contributed by atoms with van der Waals surface area (Å²) < 4.78 is 7.75. The number of nitrogens with zero attached hydrogens (tertiary/aromatic N) is 3. The molecular formula is C29H29N3O2S. The Morgan fingerprint density at radius 1 is 1.09 bits per heavy atom. The average Bonchev–Trinajstić information content (AvgIpc) is 3.62. The van der Waals surface area contributed by atoms with Gasteiger partial charge < -0.3 is 9.32 Å². The molecule has 0 aliphatic rings. The zero-order chi connectivity index (χ0) is 24.2. The van der Waals surface area contributed by atoms with Crippen LogP contribution in [0.3, 0.4) is 0 Å². The number of fused-ring (bicyclic) bond motifs is 1. The van der Waals surface area contributed by atoms with E-state index in [0.29, 0.717) is 13.1 Å². The van der Waals surface area contributed by atoms with Crippen molar-refractivity contribution in [2.24, 2.45) is 0 Å². The highest BCUT2D eigenvalue weighted by Crippen LogP contribution is 2.26. The Balaban J connectivity index is 1.38. The van der Waals surface area contributed by atoms with Crippen molar-refractivity contribution in [2.45, 2.75) is 39.2 Å². The van der Waals surface area contributed by atoms with Crippen molar-refractivity contribution in [3.63, 3.8) is 0 Å². The molecule has 0 saturated heterocycles. The minimum atomic E-state index is -0.171. The molecule has 1 unspecified atom stereocenters. The fraction of sp³-hybridized carbons (Fsp3) is 0.241. The molecule has 5 nitrogen and oxygen atoms in total. The van der Waals surface area contributed by atoms with Crippen molar-refractivity contribution >= 4 is 22.2 Å². The van der Waals surface area contributed by atoms with E-state index in [0.717, 1.165) is 46.1 Å². The quantitative estimate of drug-likeness (QED) is 0.234. The third-order valence-electron chi connectivity index (χ3n) is 6.42. The van der Waals surface area contributed by atoms with Crippen LogP contribution in [0.15, 0.2) is 89.0 Å². The van der Waals surface area contributed by atoms with Gasteiger partial charge in [0, 0.05) is 35.8 Å². The number of hydrogen-bond acceptors (Lipinski definition) is 4. The summed E-state index contributed by atoms with van der Waals surface area (Å²) in [7, 11) is 0. The number of benzene rings is 2. The van der Waals surface area contributed by atoms with Gasteiger partial charge in [0.15, 0.2) is 4.96 Å². The van der Waals surface area contributed by atoms with Gasteiger partial charge in [0.05, 0.1) is 24.4 Å². The van der Waals surface area contributed by atoms with Gasteiger partial charge in [-0.15, -0.1) is 11.3 Å². The Morgan fingerprint density at radius 2 is 1.89 bits per heavy atom. The molecule has 6 heteroatoms. The van der Waals surface area contributed by atoms with Crippen LogP contribution in [0.5, 0.6) is 0 Å². The lowest BCUT2D eigenvalue weighted by molar-refractivity contribution is -0.133. The summed E-state index contributed by atoms with van der Waals surface area (Å²) in [6, 6.07) is 22.3. The minimum absolute atomic E-state index is 0.132. The Bertz CT molecular complexity index is 1390. The second-order valence-corrected chi connectivity index (χ2v) is 9.67. The highest BCUT2D eigenvalue weighted by atomic mass is 32.1. The normalized spacial score (nSPS) is 12.2. The summed E-state index contributed by atoms with van der Waals surface area (Å²) in [6.45, 7) is 5.22. The Hall–Kier alpha value is -3.64. The molecule has 0 bridgehead atoms. The number of carbonyl (C=O) groups excluding carboxylic acids is 1. The summed E-state index contributed by atoms with van der Waals surface area (Å²) in [4.78, 5) is 21.4. The lowest BCUT2D eigenvalue weighted by atomic mass is 9.95. The monoisotopic (exact) mass is 483 g/mol. The number of rotatable bonds is 9. The van der Waals surface area contributed by atoms with Crippen molar-refractivity contribution < 1.29 is 9.21 Å². The molecule has 0 aliphatic heterocycles. The van der Waals surface area contributed by atoms with Crippen LogP contribution in [-0.4, -0.2) is 26.7 Å². The van der Waals surface area contributed by atoms with Gasteiger partial charge in [0.25, 0.3) is 0 Å². The van der Waals surface area contributed by atoms with Gasteiger partial charge in [-0.2, -0.15) is 0 Å². The van der Waals surface area contributed by atoms with Crippen LogP contribution in [0.1, 0.15) is 41.8 Å². The lowest BCUT2D eigenvalue weighted by Crippen LogP contribution is -2.36. The summed E-state index contributed by atoms with van der Waals surface area (Å²) in [5.74, 6) is 0.753. The molecule has 0 radical (unpaired) electrons. The Kier molecular flexibility index (Phi) is 6.82. The molecule has 1 amide bonds. The number of furan rings is 1. The van der Waals surface area contributed by atoms with Crippen molar-refractivity contribution in [1.29, 1.82) is 0 Å². The largest absolute Gasteiger partial charge is 0.467 e. The van der Waals surface area contributed by atoms with Gasteiger partial charge in [-0.3, -0.25) is 9.20 Å². The molecule has 0 fully saturated rings. The predicted molar refractivity (Wildman–Crippen MR) is 141 cm³/mol. The van der Waals surface area contributed by atoms with E-state index in [2.05, 4.69) is 54.1 Å². The van der Waals surface area contributed by atoms with E-state index in [1.165, 1.54) is 5.56 Å². The molecule has 3 heterocycles. The molecule has 0 spiro atoms. The molecule has 35 heavy (non-hydrogen) atoms. The molecule has 0 saturated carbocycles. The van der Waals surface area contributed by atoms with Crippen molar-refractivity contribution in [3.8, 4) is 11.3 Å². The maximum atomic E-state index is 13.7. The first-order chi connectivity index (χ1) is 17.1. The van der Waals surface area contributed by atoms with Gasteiger partial charge in [0.2, 0.25) is 5.91 Å². The number of hydrogen-bond donors (Lipinski definition) is 0. The standard InChI is InChI=1S/C29H29N3O2S/c1-3-26(22-8-5-4-6-9-22)28(33)31(18-25-10-7-17-34-25)16-15-24-20-35-29-30-27(19-32(24)29)23-13-11-21(2)12-14-23/h4-14,17,19-20,26H,3,15-16,18H2,1-2H3. The number of aromatic nitrogens is 2. The molecule has 5 aromatic rings. The topological polar surface area (TPSA) is 50.8 Å². The average molecular weight is 484 g/mol.